The highest BCUT2D eigenvalue weighted by molar-refractivity contribution is 5.48. The summed E-state index contributed by atoms with van der Waals surface area (Å²) in [6.07, 6.45) is 8.44. The standard InChI is InChI=1S/C15H25N3/c1-3-14-7-5-4-6-8-18(14)15-12(2)9-13(10-16)11-17-15/h9,11,14H,3-8,10,16H2,1-2H3. The van der Waals surface area contributed by atoms with Gasteiger partial charge in [0.25, 0.3) is 0 Å². The molecule has 1 unspecified atom stereocenters. The summed E-state index contributed by atoms with van der Waals surface area (Å²) < 4.78 is 0. The van der Waals surface area contributed by atoms with Crippen molar-refractivity contribution in [1.82, 2.24) is 4.98 Å². The Labute approximate surface area is 110 Å². The van der Waals surface area contributed by atoms with Crippen molar-refractivity contribution < 1.29 is 0 Å². The van der Waals surface area contributed by atoms with E-state index in [1.165, 1.54) is 43.5 Å². The molecule has 0 bridgehead atoms. The Morgan fingerprint density at radius 3 is 2.89 bits per heavy atom. The first-order valence-corrected chi connectivity index (χ1v) is 7.18. The molecule has 0 aromatic carbocycles. The number of hydrogen-bond donors (Lipinski definition) is 1. The van der Waals surface area contributed by atoms with Gasteiger partial charge in [0.15, 0.2) is 0 Å². The van der Waals surface area contributed by atoms with Gasteiger partial charge in [-0.05, 0) is 43.4 Å². The highest BCUT2D eigenvalue weighted by atomic mass is 15.2. The molecule has 0 radical (unpaired) electrons. The van der Waals surface area contributed by atoms with Gasteiger partial charge < -0.3 is 10.6 Å². The Bertz CT molecular complexity index is 389. The zero-order chi connectivity index (χ0) is 13.0. The van der Waals surface area contributed by atoms with E-state index in [1.54, 1.807) is 0 Å². The minimum absolute atomic E-state index is 0.575. The van der Waals surface area contributed by atoms with Crippen LogP contribution in [0.1, 0.15) is 50.2 Å². The smallest absolute Gasteiger partial charge is 0.131 e. The molecule has 1 aromatic heterocycles. The van der Waals surface area contributed by atoms with Gasteiger partial charge in [-0.3, -0.25) is 0 Å². The number of aromatic nitrogens is 1. The number of nitrogens with zero attached hydrogens (tertiary/aromatic N) is 2. The number of rotatable bonds is 3. The van der Waals surface area contributed by atoms with Crippen molar-refractivity contribution in [2.75, 3.05) is 11.4 Å². The van der Waals surface area contributed by atoms with Gasteiger partial charge in [-0.25, -0.2) is 4.98 Å². The van der Waals surface area contributed by atoms with Gasteiger partial charge in [0, 0.05) is 25.3 Å². The van der Waals surface area contributed by atoms with Crippen molar-refractivity contribution in [2.24, 2.45) is 5.73 Å². The molecule has 3 nitrogen and oxygen atoms in total. The lowest BCUT2D eigenvalue weighted by Gasteiger charge is -2.31. The van der Waals surface area contributed by atoms with Gasteiger partial charge in [-0.2, -0.15) is 0 Å². The number of pyridine rings is 1. The number of nitrogens with two attached hydrogens (primary N) is 1. The van der Waals surface area contributed by atoms with Crippen LogP contribution in [0.2, 0.25) is 0 Å². The van der Waals surface area contributed by atoms with Gasteiger partial charge in [0.05, 0.1) is 0 Å². The van der Waals surface area contributed by atoms with Gasteiger partial charge >= 0.3 is 0 Å². The van der Waals surface area contributed by atoms with Crippen molar-refractivity contribution in [3.05, 3.63) is 23.4 Å². The first-order chi connectivity index (χ1) is 8.76. The number of anilines is 1. The molecule has 1 fully saturated rings. The molecule has 1 saturated heterocycles. The highest BCUT2D eigenvalue weighted by Gasteiger charge is 2.21. The van der Waals surface area contributed by atoms with Crippen molar-refractivity contribution in [3.63, 3.8) is 0 Å². The Morgan fingerprint density at radius 2 is 2.22 bits per heavy atom. The van der Waals surface area contributed by atoms with E-state index in [1.807, 2.05) is 6.20 Å². The summed E-state index contributed by atoms with van der Waals surface area (Å²) >= 11 is 0. The van der Waals surface area contributed by atoms with Crippen LogP contribution in [0.25, 0.3) is 0 Å². The minimum atomic E-state index is 0.575. The van der Waals surface area contributed by atoms with Crippen LogP contribution in [0.15, 0.2) is 12.3 Å². The van der Waals surface area contributed by atoms with Crippen LogP contribution >= 0.6 is 0 Å². The molecule has 0 saturated carbocycles. The molecule has 3 heteroatoms. The summed E-state index contributed by atoms with van der Waals surface area (Å²) in [6.45, 7) is 6.16. The van der Waals surface area contributed by atoms with Crippen LogP contribution in [0.5, 0.6) is 0 Å². The fourth-order valence-electron chi connectivity index (χ4n) is 2.92. The molecule has 1 aliphatic heterocycles. The molecule has 0 amide bonds. The molecule has 1 atom stereocenters. The van der Waals surface area contributed by atoms with Crippen LogP contribution in [-0.4, -0.2) is 17.6 Å². The summed E-state index contributed by atoms with van der Waals surface area (Å²) in [5, 5.41) is 0. The summed E-state index contributed by atoms with van der Waals surface area (Å²) in [4.78, 5) is 7.18. The SMILES string of the molecule is CCC1CCCCCN1c1ncc(CN)cc1C. The molecule has 18 heavy (non-hydrogen) atoms. The summed E-state index contributed by atoms with van der Waals surface area (Å²) in [5.74, 6) is 1.17. The lowest BCUT2D eigenvalue weighted by molar-refractivity contribution is 0.551. The maximum atomic E-state index is 5.67. The molecule has 0 aliphatic carbocycles. The Balaban J connectivity index is 2.27. The van der Waals surface area contributed by atoms with Gasteiger partial charge in [-0.1, -0.05) is 19.8 Å². The van der Waals surface area contributed by atoms with Crippen molar-refractivity contribution >= 4 is 5.82 Å². The fraction of sp³-hybridized carbons (Fsp3) is 0.667. The number of aryl methyl sites for hydroxylation is 1. The van der Waals surface area contributed by atoms with E-state index in [4.69, 9.17) is 5.73 Å². The molecule has 2 rings (SSSR count). The zero-order valence-electron chi connectivity index (χ0n) is 11.7. The second-order valence-electron chi connectivity index (χ2n) is 5.29. The second-order valence-corrected chi connectivity index (χ2v) is 5.29. The highest BCUT2D eigenvalue weighted by Crippen LogP contribution is 2.27. The van der Waals surface area contributed by atoms with E-state index < -0.39 is 0 Å². The van der Waals surface area contributed by atoms with Gasteiger partial charge in [0.2, 0.25) is 0 Å². The van der Waals surface area contributed by atoms with Crippen LogP contribution in [0, 0.1) is 6.92 Å². The van der Waals surface area contributed by atoms with E-state index in [0.29, 0.717) is 12.6 Å². The normalized spacial score (nSPS) is 20.8. The topological polar surface area (TPSA) is 42.2 Å². The van der Waals surface area contributed by atoms with E-state index >= 15 is 0 Å². The molecular formula is C15H25N3. The molecule has 1 aliphatic rings. The third-order valence-electron chi connectivity index (χ3n) is 3.96. The van der Waals surface area contributed by atoms with Gasteiger partial charge in [0.1, 0.15) is 5.82 Å². The van der Waals surface area contributed by atoms with E-state index in [0.717, 1.165) is 12.1 Å². The first-order valence-electron chi connectivity index (χ1n) is 7.18. The monoisotopic (exact) mass is 247 g/mol. The predicted octanol–water partition coefficient (Wildman–Crippen LogP) is 3.01. The largest absolute Gasteiger partial charge is 0.353 e. The average molecular weight is 247 g/mol. The van der Waals surface area contributed by atoms with E-state index in [-0.39, 0.29) is 0 Å². The first kappa shape index (κ1) is 13.3. The maximum absolute atomic E-state index is 5.67. The lowest BCUT2D eigenvalue weighted by atomic mass is 10.1. The molecule has 1 aromatic rings. The van der Waals surface area contributed by atoms with Crippen LogP contribution in [-0.2, 0) is 6.54 Å². The van der Waals surface area contributed by atoms with Crippen molar-refractivity contribution in [1.29, 1.82) is 0 Å². The van der Waals surface area contributed by atoms with E-state index in [2.05, 4.69) is 29.8 Å². The predicted molar refractivity (Wildman–Crippen MR) is 76.8 cm³/mol. The molecule has 2 N–H and O–H groups in total. The van der Waals surface area contributed by atoms with Crippen LogP contribution in [0.4, 0.5) is 5.82 Å². The van der Waals surface area contributed by atoms with Crippen LogP contribution in [0.3, 0.4) is 0 Å². The zero-order valence-corrected chi connectivity index (χ0v) is 11.7. The lowest BCUT2D eigenvalue weighted by Crippen LogP contribution is -2.35. The fourth-order valence-corrected chi connectivity index (χ4v) is 2.92. The number of hydrogen-bond acceptors (Lipinski definition) is 3. The van der Waals surface area contributed by atoms with Crippen molar-refractivity contribution in [3.8, 4) is 0 Å². The quantitative estimate of drug-likeness (QED) is 0.892. The molecular weight excluding hydrogens is 222 g/mol. The second kappa shape index (κ2) is 6.19. The van der Waals surface area contributed by atoms with Gasteiger partial charge in [-0.15, -0.1) is 0 Å². The Morgan fingerprint density at radius 1 is 1.39 bits per heavy atom. The summed E-state index contributed by atoms with van der Waals surface area (Å²) in [6, 6.07) is 2.84. The average Bonchev–Trinajstić information content (AvgIpc) is 2.63. The maximum Gasteiger partial charge on any atom is 0.131 e. The Kier molecular flexibility index (Phi) is 4.59. The van der Waals surface area contributed by atoms with Crippen LogP contribution < -0.4 is 10.6 Å². The molecule has 2 heterocycles. The minimum Gasteiger partial charge on any atom is -0.353 e. The van der Waals surface area contributed by atoms with E-state index in [9.17, 15) is 0 Å². The Hall–Kier alpha value is -1.09. The third-order valence-corrected chi connectivity index (χ3v) is 3.96. The molecule has 0 spiro atoms. The molecule has 100 valence electrons. The summed E-state index contributed by atoms with van der Waals surface area (Å²) in [7, 11) is 0. The summed E-state index contributed by atoms with van der Waals surface area (Å²) in [5.41, 5.74) is 8.06. The third kappa shape index (κ3) is 2.83. The van der Waals surface area contributed by atoms with Crippen molar-refractivity contribution in [2.45, 2.75) is 58.5 Å².